The molecule has 0 aliphatic carbocycles. The molecule has 2 rings (SSSR count). The molecule has 25 heavy (non-hydrogen) atoms. The smallest absolute Gasteiger partial charge is 0.349 e. The van der Waals surface area contributed by atoms with Gasteiger partial charge in [-0.05, 0) is 30.3 Å². The van der Waals surface area contributed by atoms with Crippen molar-refractivity contribution in [3.63, 3.8) is 0 Å². The van der Waals surface area contributed by atoms with Crippen LogP contribution in [0.4, 0.5) is 5.00 Å². The molecule has 1 amide bonds. The van der Waals surface area contributed by atoms with E-state index in [0.29, 0.717) is 28.7 Å². The van der Waals surface area contributed by atoms with Crippen molar-refractivity contribution in [1.29, 1.82) is 0 Å². The number of ether oxygens (including phenoxy) is 1. The maximum Gasteiger partial charge on any atom is 0.349 e. The van der Waals surface area contributed by atoms with Gasteiger partial charge in [0.25, 0.3) is 5.91 Å². The largest absolute Gasteiger partial charge is 0.451 e. The Morgan fingerprint density at radius 2 is 1.96 bits per heavy atom. The fourth-order valence-corrected chi connectivity index (χ4v) is 3.29. The second-order valence-electron chi connectivity index (χ2n) is 4.62. The van der Waals surface area contributed by atoms with Crippen molar-refractivity contribution < 1.29 is 19.2 Å². The molecule has 1 N–H and O–H groups in total. The zero-order valence-corrected chi connectivity index (χ0v) is 15.2. The molecule has 0 bridgehead atoms. The lowest BCUT2D eigenvalue weighted by Gasteiger charge is -2.06. The van der Waals surface area contributed by atoms with Crippen LogP contribution >= 0.6 is 34.7 Å². The number of benzene rings is 1. The molecular formula is C15H13ClN2O5S2. The number of hydrogen-bond donors (Lipinski definition) is 1. The normalized spacial score (nSPS) is 10.3. The molecule has 7 nitrogen and oxygen atoms in total. The topological polar surface area (TPSA) is 98.5 Å². The van der Waals surface area contributed by atoms with E-state index in [-0.39, 0.29) is 9.88 Å². The van der Waals surface area contributed by atoms with E-state index in [1.165, 1.54) is 12.1 Å². The Balaban J connectivity index is 1.65. The van der Waals surface area contributed by atoms with Crippen LogP contribution in [0.25, 0.3) is 0 Å². The molecule has 0 aliphatic heterocycles. The number of carbonyl (C=O) groups excluding carboxylic acids is 2. The molecule has 0 spiro atoms. The fourth-order valence-electron chi connectivity index (χ4n) is 1.68. The number of nitrogens with one attached hydrogen (secondary N) is 1. The van der Waals surface area contributed by atoms with E-state index in [2.05, 4.69) is 5.32 Å². The summed E-state index contributed by atoms with van der Waals surface area (Å²) in [6, 6.07) is 9.86. The van der Waals surface area contributed by atoms with Gasteiger partial charge in [-0.25, -0.2) is 4.79 Å². The van der Waals surface area contributed by atoms with Crippen LogP contribution in [-0.4, -0.2) is 35.7 Å². The summed E-state index contributed by atoms with van der Waals surface area (Å²) in [6.45, 7) is -0.0235. The molecule has 0 fully saturated rings. The Bertz CT molecular complexity index is 764. The number of hydrogen-bond acceptors (Lipinski definition) is 7. The maximum absolute atomic E-state index is 11.7. The van der Waals surface area contributed by atoms with Crippen molar-refractivity contribution in [3.8, 4) is 0 Å². The summed E-state index contributed by atoms with van der Waals surface area (Å²) in [5.74, 6) is -0.543. The molecule has 0 saturated heterocycles. The van der Waals surface area contributed by atoms with Gasteiger partial charge in [0.1, 0.15) is 4.88 Å². The molecule has 132 valence electrons. The van der Waals surface area contributed by atoms with E-state index in [1.54, 1.807) is 23.9 Å². The highest BCUT2D eigenvalue weighted by molar-refractivity contribution is 7.99. The van der Waals surface area contributed by atoms with Crippen LogP contribution in [0.3, 0.4) is 0 Å². The van der Waals surface area contributed by atoms with Crippen LogP contribution in [0.15, 0.2) is 41.3 Å². The summed E-state index contributed by atoms with van der Waals surface area (Å²) in [5, 5.41) is 13.7. The van der Waals surface area contributed by atoms with Crippen molar-refractivity contribution in [2.24, 2.45) is 0 Å². The molecule has 0 aliphatic rings. The SMILES string of the molecule is O=C(COC(=O)c1ccc([N+](=O)[O-])s1)NCCSc1ccc(Cl)cc1. The van der Waals surface area contributed by atoms with Gasteiger partial charge in [-0.15, -0.1) is 11.8 Å². The first kappa shape index (κ1) is 19.2. The first-order chi connectivity index (χ1) is 12.0. The molecule has 1 aromatic heterocycles. The van der Waals surface area contributed by atoms with E-state index >= 15 is 0 Å². The highest BCUT2D eigenvalue weighted by Gasteiger charge is 2.17. The van der Waals surface area contributed by atoms with E-state index < -0.39 is 23.4 Å². The summed E-state index contributed by atoms with van der Waals surface area (Å²) in [4.78, 5) is 34.4. The van der Waals surface area contributed by atoms with Crippen LogP contribution in [0.5, 0.6) is 0 Å². The molecule has 0 radical (unpaired) electrons. The number of halogens is 1. The van der Waals surface area contributed by atoms with E-state index in [0.717, 1.165) is 4.90 Å². The number of esters is 1. The number of rotatable bonds is 8. The lowest BCUT2D eigenvalue weighted by atomic mass is 10.4. The molecule has 10 heteroatoms. The quantitative estimate of drug-likeness (QED) is 0.240. The average Bonchev–Trinajstić information content (AvgIpc) is 3.08. The summed E-state index contributed by atoms with van der Waals surface area (Å²) in [7, 11) is 0. The molecule has 0 saturated carbocycles. The Morgan fingerprint density at radius 1 is 1.24 bits per heavy atom. The summed E-state index contributed by atoms with van der Waals surface area (Å²) < 4.78 is 4.83. The number of thiophene rings is 1. The number of nitrogens with zero attached hydrogens (tertiary/aromatic N) is 1. The van der Waals surface area contributed by atoms with Crippen LogP contribution in [0, 0.1) is 10.1 Å². The predicted molar refractivity (Wildman–Crippen MR) is 96.4 cm³/mol. The van der Waals surface area contributed by atoms with Gasteiger partial charge in [0, 0.05) is 28.3 Å². The van der Waals surface area contributed by atoms with Crippen molar-refractivity contribution in [2.45, 2.75) is 4.90 Å². The van der Waals surface area contributed by atoms with Gasteiger partial charge in [0.05, 0.1) is 4.92 Å². The lowest BCUT2D eigenvalue weighted by molar-refractivity contribution is -0.380. The minimum absolute atomic E-state index is 0.0813. The maximum atomic E-state index is 11.7. The monoisotopic (exact) mass is 400 g/mol. The van der Waals surface area contributed by atoms with E-state index in [9.17, 15) is 19.7 Å². The van der Waals surface area contributed by atoms with E-state index in [1.807, 2.05) is 12.1 Å². The predicted octanol–water partition coefficient (Wildman–Crippen LogP) is 3.38. The third kappa shape index (κ3) is 6.37. The van der Waals surface area contributed by atoms with Gasteiger partial charge in [-0.1, -0.05) is 22.9 Å². The van der Waals surface area contributed by atoms with Crippen LogP contribution in [0.2, 0.25) is 5.02 Å². The minimum Gasteiger partial charge on any atom is -0.451 e. The van der Waals surface area contributed by atoms with Gasteiger partial charge < -0.3 is 10.1 Å². The first-order valence-electron chi connectivity index (χ1n) is 7.02. The molecular weight excluding hydrogens is 388 g/mol. The van der Waals surface area contributed by atoms with Gasteiger partial charge in [-0.2, -0.15) is 0 Å². The molecule has 1 heterocycles. The highest BCUT2D eigenvalue weighted by Crippen LogP contribution is 2.24. The number of thioether (sulfide) groups is 1. The van der Waals surface area contributed by atoms with Gasteiger partial charge in [0.2, 0.25) is 0 Å². The van der Waals surface area contributed by atoms with Crippen LogP contribution in [0.1, 0.15) is 9.67 Å². The zero-order chi connectivity index (χ0) is 18.2. The van der Waals surface area contributed by atoms with Crippen molar-refractivity contribution >= 4 is 51.6 Å². The van der Waals surface area contributed by atoms with Gasteiger partial charge >= 0.3 is 11.0 Å². The standard InChI is InChI=1S/C15H13ClN2O5S2/c16-10-1-3-11(4-2-10)24-8-7-17-13(19)9-23-15(20)12-5-6-14(25-12)18(21)22/h1-6H,7-9H2,(H,17,19). The second kappa shape index (κ2) is 9.40. The van der Waals surface area contributed by atoms with Crippen LogP contribution in [-0.2, 0) is 9.53 Å². The third-order valence-corrected chi connectivity index (χ3v) is 5.10. The Hall–Kier alpha value is -2.10. The molecule has 0 unspecified atom stereocenters. The number of carbonyl (C=O) groups is 2. The van der Waals surface area contributed by atoms with Crippen molar-refractivity contribution in [1.82, 2.24) is 5.32 Å². The fraction of sp³-hybridized carbons (Fsp3) is 0.200. The number of amides is 1. The van der Waals surface area contributed by atoms with Crippen molar-refractivity contribution in [2.75, 3.05) is 18.9 Å². The molecule has 1 aromatic carbocycles. The van der Waals surface area contributed by atoms with Gasteiger partial charge in [0.15, 0.2) is 6.61 Å². The van der Waals surface area contributed by atoms with Crippen LogP contribution < -0.4 is 5.32 Å². The molecule has 0 atom stereocenters. The highest BCUT2D eigenvalue weighted by atomic mass is 35.5. The average molecular weight is 401 g/mol. The molecule has 2 aromatic rings. The lowest BCUT2D eigenvalue weighted by Crippen LogP contribution is -2.30. The summed E-state index contributed by atoms with van der Waals surface area (Å²) >= 11 is 8.05. The first-order valence-corrected chi connectivity index (χ1v) is 9.20. The minimum atomic E-state index is -0.760. The Kier molecular flexibility index (Phi) is 7.23. The number of nitro groups is 1. The zero-order valence-electron chi connectivity index (χ0n) is 12.8. The second-order valence-corrected chi connectivity index (χ2v) is 7.29. The Labute approximate surface area is 156 Å². The Morgan fingerprint density at radius 3 is 2.60 bits per heavy atom. The summed E-state index contributed by atoms with van der Waals surface area (Å²) in [5.41, 5.74) is 0. The van der Waals surface area contributed by atoms with Crippen molar-refractivity contribution in [3.05, 3.63) is 56.4 Å². The third-order valence-electron chi connectivity index (χ3n) is 2.81. The summed E-state index contributed by atoms with van der Waals surface area (Å²) in [6.07, 6.45) is 0. The van der Waals surface area contributed by atoms with E-state index in [4.69, 9.17) is 16.3 Å². The van der Waals surface area contributed by atoms with Gasteiger partial charge in [-0.3, -0.25) is 14.9 Å².